The van der Waals surface area contributed by atoms with Crippen LogP contribution in [0.15, 0.2) is 36.4 Å². The monoisotopic (exact) mass is 186 g/mol. The molecule has 0 unspecified atom stereocenters. The molecule has 1 aromatic carbocycles. The summed E-state index contributed by atoms with van der Waals surface area (Å²) < 4.78 is 0. The standard InChI is InChI=1S/C14H18/c1-12(11-13-7-5-6-8-13)14-9-3-2-4-10-14/h2-4,9-11,13H,5-8H2,1H3/b12-11+. The van der Waals surface area contributed by atoms with Gasteiger partial charge in [-0.3, -0.25) is 0 Å². The summed E-state index contributed by atoms with van der Waals surface area (Å²) in [5, 5.41) is 0. The van der Waals surface area contributed by atoms with Gasteiger partial charge in [-0.2, -0.15) is 0 Å². The highest BCUT2D eigenvalue weighted by Crippen LogP contribution is 2.28. The molecule has 1 saturated carbocycles. The summed E-state index contributed by atoms with van der Waals surface area (Å²) in [5.74, 6) is 0.843. The molecule has 1 fully saturated rings. The number of hydrogen-bond donors (Lipinski definition) is 0. The van der Waals surface area contributed by atoms with Crippen LogP contribution in [0.1, 0.15) is 38.2 Å². The highest BCUT2D eigenvalue weighted by Gasteiger charge is 2.12. The molecule has 1 aliphatic rings. The third kappa shape index (κ3) is 2.25. The molecule has 0 atom stereocenters. The number of rotatable bonds is 2. The first kappa shape index (κ1) is 9.51. The van der Waals surface area contributed by atoms with E-state index >= 15 is 0 Å². The molecular weight excluding hydrogens is 168 g/mol. The first-order valence-electron chi connectivity index (χ1n) is 5.60. The van der Waals surface area contributed by atoms with Gasteiger partial charge in [0.2, 0.25) is 0 Å². The maximum atomic E-state index is 2.46. The molecule has 0 amide bonds. The van der Waals surface area contributed by atoms with E-state index in [4.69, 9.17) is 0 Å². The lowest BCUT2D eigenvalue weighted by Crippen LogP contribution is -1.88. The van der Waals surface area contributed by atoms with E-state index in [9.17, 15) is 0 Å². The first-order chi connectivity index (χ1) is 6.86. The van der Waals surface area contributed by atoms with Crippen LogP contribution in [0.3, 0.4) is 0 Å². The van der Waals surface area contributed by atoms with E-state index in [1.165, 1.54) is 36.8 Å². The van der Waals surface area contributed by atoms with E-state index in [0.29, 0.717) is 0 Å². The SMILES string of the molecule is C/C(=C\C1CCCC1)c1ccccc1. The Kier molecular flexibility index (Phi) is 3.03. The van der Waals surface area contributed by atoms with Crippen molar-refractivity contribution in [2.24, 2.45) is 5.92 Å². The van der Waals surface area contributed by atoms with Crippen molar-refractivity contribution in [1.82, 2.24) is 0 Å². The van der Waals surface area contributed by atoms with Gasteiger partial charge < -0.3 is 0 Å². The highest BCUT2D eigenvalue weighted by molar-refractivity contribution is 5.63. The van der Waals surface area contributed by atoms with Crippen molar-refractivity contribution in [2.75, 3.05) is 0 Å². The summed E-state index contributed by atoms with van der Waals surface area (Å²) in [6.07, 6.45) is 8.09. The lowest BCUT2D eigenvalue weighted by molar-refractivity contribution is 0.687. The smallest absolute Gasteiger partial charge is 0.0228 e. The molecule has 0 spiro atoms. The van der Waals surface area contributed by atoms with Crippen LogP contribution in [0.2, 0.25) is 0 Å². The molecule has 0 aliphatic heterocycles. The largest absolute Gasteiger partial charge is 0.0779 e. The Bertz CT molecular complexity index is 302. The van der Waals surface area contributed by atoms with Gasteiger partial charge >= 0.3 is 0 Å². The van der Waals surface area contributed by atoms with Crippen molar-refractivity contribution < 1.29 is 0 Å². The Morgan fingerprint density at radius 2 is 1.79 bits per heavy atom. The van der Waals surface area contributed by atoms with Gasteiger partial charge in [-0.05, 0) is 36.8 Å². The normalized spacial score (nSPS) is 18.8. The highest BCUT2D eigenvalue weighted by atomic mass is 14.2. The quantitative estimate of drug-likeness (QED) is 0.646. The van der Waals surface area contributed by atoms with Crippen LogP contribution in [-0.4, -0.2) is 0 Å². The summed E-state index contributed by atoms with van der Waals surface area (Å²) in [6.45, 7) is 2.23. The Morgan fingerprint density at radius 1 is 1.14 bits per heavy atom. The lowest BCUT2D eigenvalue weighted by Gasteiger charge is -2.05. The maximum Gasteiger partial charge on any atom is -0.0228 e. The molecule has 0 bridgehead atoms. The van der Waals surface area contributed by atoms with Crippen LogP contribution >= 0.6 is 0 Å². The molecule has 0 aromatic heterocycles. The van der Waals surface area contributed by atoms with E-state index in [2.05, 4.69) is 43.3 Å². The lowest BCUT2D eigenvalue weighted by atomic mass is 10.0. The van der Waals surface area contributed by atoms with E-state index in [1.807, 2.05) is 0 Å². The van der Waals surface area contributed by atoms with Crippen LogP contribution in [0.4, 0.5) is 0 Å². The van der Waals surface area contributed by atoms with Gasteiger partial charge in [0.1, 0.15) is 0 Å². The minimum Gasteiger partial charge on any atom is -0.0779 e. The topological polar surface area (TPSA) is 0 Å². The minimum absolute atomic E-state index is 0.843. The van der Waals surface area contributed by atoms with E-state index < -0.39 is 0 Å². The summed E-state index contributed by atoms with van der Waals surface area (Å²) in [6, 6.07) is 10.7. The van der Waals surface area contributed by atoms with E-state index in [-0.39, 0.29) is 0 Å². The fraction of sp³-hybridized carbons (Fsp3) is 0.429. The summed E-state index contributed by atoms with van der Waals surface area (Å²) >= 11 is 0. The molecule has 2 rings (SSSR count). The van der Waals surface area contributed by atoms with Crippen LogP contribution in [-0.2, 0) is 0 Å². The molecule has 0 nitrogen and oxygen atoms in total. The zero-order valence-corrected chi connectivity index (χ0v) is 8.87. The van der Waals surface area contributed by atoms with Gasteiger partial charge in [0.05, 0.1) is 0 Å². The van der Waals surface area contributed by atoms with Crippen LogP contribution in [0, 0.1) is 5.92 Å². The Labute approximate surface area is 86.7 Å². The molecular formula is C14H18. The molecule has 1 aromatic rings. The third-order valence-electron chi connectivity index (χ3n) is 3.11. The van der Waals surface area contributed by atoms with Gasteiger partial charge in [0.15, 0.2) is 0 Å². The van der Waals surface area contributed by atoms with Gasteiger partial charge in [-0.25, -0.2) is 0 Å². The van der Waals surface area contributed by atoms with Gasteiger partial charge in [-0.1, -0.05) is 49.2 Å². The molecule has 0 heteroatoms. The van der Waals surface area contributed by atoms with Gasteiger partial charge in [-0.15, -0.1) is 0 Å². The average Bonchev–Trinajstić information content (AvgIpc) is 2.72. The Balaban J connectivity index is 2.10. The molecule has 74 valence electrons. The summed E-state index contributed by atoms with van der Waals surface area (Å²) in [7, 11) is 0. The zero-order valence-electron chi connectivity index (χ0n) is 8.87. The first-order valence-corrected chi connectivity index (χ1v) is 5.60. The Hall–Kier alpha value is -1.04. The molecule has 0 heterocycles. The third-order valence-corrected chi connectivity index (χ3v) is 3.11. The molecule has 1 aliphatic carbocycles. The van der Waals surface area contributed by atoms with Crippen molar-refractivity contribution in [2.45, 2.75) is 32.6 Å². The maximum absolute atomic E-state index is 2.46. The molecule has 0 radical (unpaired) electrons. The predicted molar refractivity (Wildman–Crippen MR) is 62.1 cm³/mol. The second kappa shape index (κ2) is 4.45. The zero-order chi connectivity index (χ0) is 9.80. The van der Waals surface area contributed by atoms with Gasteiger partial charge in [0.25, 0.3) is 0 Å². The minimum atomic E-state index is 0.843. The van der Waals surface area contributed by atoms with Gasteiger partial charge in [0, 0.05) is 0 Å². The molecule has 14 heavy (non-hydrogen) atoms. The number of benzene rings is 1. The predicted octanol–water partition coefficient (Wildman–Crippen LogP) is 4.28. The second-order valence-corrected chi connectivity index (χ2v) is 4.26. The van der Waals surface area contributed by atoms with Crippen LogP contribution in [0.25, 0.3) is 5.57 Å². The van der Waals surface area contributed by atoms with Crippen molar-refractivity contribution in [3.63, 3.8) is 0 Å². The average molecular weight is 186 g/mol. The summed E-state index contributed by atoms with van der Waals surface area (Å²) in [5.41, 5.74) is 2.82. The van der Waals surface area contributed by atoms with Crippen LogP contribution < -0.4 is 0 Å². The van der Waals surface area contributed by atoms with Crippen LogP contribution in [0.5, 0.6) is 0 Å². The van der Waals surface area contributed by atoms with Crippen molar-refractivity contribution in [3.8, 4) is 0 Å². The van der Waals surface area contributed by atoms with Crippen molar-refractivity contribution in [3.05, 3.63) is 42.0 Å². The fourth-order valence-electron chi connectivity index (χ4n) is 2.27. The van der Waals surface area contributed by atoms with Crippen molar-refractivity contribution in [1.29, 1.82) is 0 Å². The fourth-order valence-corrected chi connectivity index (χ4v) is 2.27. The van der Waals surface area contributed by atoms with Crippen molar-refractivity contribution >= 4 is 5.57 Å². The summed E-state index contributed by atoms with van der Waals surface area (Å²) in [4.78, 5) is 0. The second-order valence-electron chi connectivity index (χ2n) is 4.26. The number of hydrogen-bond acceptors (Lipinski definition) is 0. The number of allylic oxidation sites excluding steroid dienone is 2. The van der Waals surface area contributed by atoms with E-state index in [1.54, 1.807) is 0 Å². The van der Waals surface area contributed by atoms with E-state index in [0.717, 1.165) is 5.92 Å². The molecule has 0 saturated heterocycles. The molecule has 0 N–H and O–H groups in total. The Morgan fingerprint density at radius 3 is 2.43 bits per heavy atom.